The Kier molecular flexibility index (Phi) is 3.85. The van der Waals surface area contributed by atoms with E-state index in [2.05, 4.69) is 53.8 Å². The molecule has 2 N–H and O–H groups in total. The van der Waals surface area contributed by atoms with Gasteiger partial charge in [0.25, 0.3) is 0 Å². The van der Waals surface area contributed by atoms with Gasteiger partial charge in [0.1, 0.15) is 0 Å². The molecule has 3 unspecified atom stereocenters. The lowest BCUT2D eigenvalue weighted by Crippen LogP contribution is -2.56. The lowest BCUT2D eigenvalue weighted by atomic mass is 9.73. The van der Waals surface area contributed by atoms with Crippen LogP contribution in [0.1, 0.15) is 33.6 Å². The molecule has 1 amide bonds. The van der Waals surface area contributed by atoms with E-state index in [4.69, 9.17) is 0 Å². The molecule has 114 valence electrons. The zero-order valence-electron chi connectivity index (χ0n) is 13.0. The molecular weight excluding hydrogens is 264 g/mol. The Morgan fingerprint density at radius 3 is 3.05 bits per heavy atom. The van der Waals surface area contributed by atoms with Crippen molar-refractivity contribution in [1.29, 1.82) is 0 Å². The first-order valence-corrected chi connectivity index (χ1v) is 7.85. The number of nitrogens with zero attached hydrogens (tertiary/aromatic N) is 2. The fraction of sp³-hybridized carbons (Fsp3) is 0.625. The van der Waals surface area contributed by atoms with Gasteiger partial charge in [-0.1, -0.05) is 26.8 Å². The molecule has 0 spiro atoms. The molecule has 3 heterocycles. The van der Waals surface area contributed by atoms with E-state index in [0.717, 1.165) is 13.0 Å². The number of amides is 1. The first-order chi connectivity index (χ1) is 10.1. The quantitative estimate of drug-likeness (QED) is 0.776. The topological polar surface area (TPSA) is 56.7 Å². The molecule has 0 aromatic carbocycles. The van der Waals surface area contributed by atoms with Gasteiger partial charge in [-0.25, -0.2) is 5.43 Å². The minimum Gasteiger partial charge on any atom is -0.352 e. The van der Waals surface area contributed by atoms with E-state index in [1.807, 2.05) is 6.21 Å². The van der Waals surface area contributed by atoms with Crippen LogP contribution in [0.4, 0.5) is 0 Å². The Balaban J connectivity index is 2.02. The standard InChI is InChI=1S/C16H24N4O/c1-4-18-20-9-11-8-13(21)19-15(10(2)3)14(11)12-6-5-7-17-16(12)20/h6-7,9-10,14-16,18H,4-5,8H2,1-3H3,(H,19,21). The second-order valence-electron chi connectivity index (χ2n) is 6.26. The lowest BCUT2D eigenvalue weighted by molar-refractivity contribution is -0.123. The van der Waals surface area contributed by atoms with Gasteiger partial charge in [0.2, 0.25) is 5.91 Å². The molecule has 5 heteroatoms. The third-order valence-electron chi connectivity index (χ3n) is 4.44. The summed E-state index contributed by atoms with van der Waals surface area (Å²) in [6.45, 7) is 7.26. The monoisotopic (exact) mass is 288 g/mol. The molecule has 5 nitrogen and oxygen atoms in total. The van der Waals surface area contributed by atoms with Crippen molar-refractivity contribution in [1.82, 2.24) is 15.8 Å². The van der Waals surface area contributed by atoms with E-state index in [1.54, 1.807) is 0 Å². The van der Waals surface area contributed by atoms with Crippen LogP contribution in [-0.4, -0.2) is 35.9 Å². The molecule has 0 aromatic heterocycles. The Labute approximate surface area is 126 Å². The number of fused-ring (bicyclic) bond motifs is 3. The number of rotatable bonds is 3. The molecule has 3 aliphatic rings. The highest BCUT2D eigenvalue weighted by Gasteiger charge is 2.43. The number of hydrazine groups is 1. The molecule has 1 saturated heterocycles. The van der Waals surface area contributed by atoms with Gasteiger partial charge >= 0.3 is 0 Å². The molecule has 0 bridgehead atoms. The third-order valence-corrected chi connectivity index (χ3v) is 4.44. The Hall–Kier alpha value is -1.62. The summed E-state index contributed by atoms with van der Waals surface area (Å²) in [5.74, 6) is 0.826. The van der Waals surface area contributed by atoms with Crippen LogP contribution in [0.25, 0.3) is 0 Å². The minimum absolute atomic E-state index is 0.0312. The van der Waals surface area contributed by atoms with Crippen molar-refractivity contribution in [2.24, 2.45) is 16.8 Å². The van der Waals surface area contributed by atoms with E-state index in [0.29, 0.717) is 18.3 Å². The van der Waals surface area contributed by atoms with Gasteiger partial charge in [-0.3, -0.25) is 14.8 Å². The van der Waals surface area contributed by atoms with Crippen LogP contribution in [0.2, 0.25) is 0 Å². The average molecular weight is 288 g/mol. The van der Waals surface area contributed by atoms with E-state index in [1.165, 1.54) is 11.1 Å². The van der Waals surface area contributed by atoms with Crippen LogP contribution in [0.3, 0.4) is 0 Å². The summed E-state index contributed by atoms with van der Waals surface area (Å²) >= 11 is 0. The molecule has 0 aromatic rings. The summed E-state index contributed by atoms with van der Waals surface area (Å²) in [5, 5.41) is 5.24. The molecule has 3 atom stereocenters. The van der Waals surface area contributed by atoms with Crippen molar-refractivity contribution >= 4 is 12.1 Å². The van der Waals surface area contributed by atoms with Crippen molar-refractivity contribution in [2.45, 2.75) is 45.8 Å². The highest BCUT2D eigenvalue weighted by molar-refractivity contribution is 5.81. The second kappa shape index (κ2) is 5.64. The number of hydrogen-bond acceptors (Lipinski definition) is 4. The molecule has 1 fully saturated rings. The first kappa shape index (κ1) is 14.3. The van der Waals surface area contributed by atoms with Crippen LogP contribution in [0, 0.1) is 11.8 Å². The number of aliphatic imine (C=N–C) groups is 1. The van der Waals surface area contributed by atoms with Gasteiger partial charge in [-0.05, 0) is 17.1 Å². The van der Waals surface area contributed by atoms with E-state index in [-0.39, 0.29) is 18.1 Å². The molecule has 0 saturated carbocycles. The van der Waals surface area contributed by atoms with Crippen LogP contribution >= 0.6 is 0 Å². The third kappa shape index (κ3) is 2.50. The number of hydrogen-bond donors (Lipinski definition) is 2. The summed E-state index contributed by atoms with van der Waals surface area (Å²) < 4.78 is 0. The maximum Gasteiger partial charge on any atom is 0.224 e. The van der Waals surface area contributed by atoms with Crippen LogP contribution in [-0.2, 0) is 4.79 Å². The molecule has 21 heavy (non-hydrogen) atoms. The van der Waals surface area contributed by atoms with Crippen LogP contribution in [0.5, 0.6) is 0 Å². The molecule has 3 aliphatic heterocycles. The predicted molar refractivity (Wildman–Crippen MR) is 83.5 cm³/mol. The van der Waals surface area contributed by atoms with Crippen LogP contribution in [0.15, 0.2) is 28.4 Å². The number of carbonyl (C=O) groups is 1. The number of allylic oxidation sites excluding steroid dienone is 1. The Morgan fingerprint density at radius 1 is 1.52 bits per heavy atom. The number of dihydropyridines is 1. The van der Waals surface area contributed by atoms with Crippen molar-refractivity contribution in [3.8, 4) is 0 Å². The summed E-state index contributed by atoms with van der Waals surface area (Å²) in [5.41, 5.74) is 5.88. The second-order valence-corrected chi connectivity index (χ2v) is 6.26. The SMILES string of the molecule is CCNN1C=C2CC(=O)NC(C(C)C)C2C2=CCC=NC21. The van der Waals surface area contributed by atoms with Crippen LogP contribution < -0.4 is 10.7 Å². The lowest BCUT2D eigenvalue weighted by Gasteiger charge is -2.46. The van der Waals surface area contributed by atoms with E-state index < -0.39 is 0 Å². The maximum atomic E-state index is 12.0. The van der Waals surface area contributed by atoms with Gasteiger partial charge in [-0.15, -0.1) is 0 Å². The molecular formula is C16H24N4O. The minimum atomic E-state index is 0.0312. The van der Waals surface area contributed by atoms with E-state index >= 15 is 0 Å². The summed E-state index contributed by atoms with van der Waals surface area (Å²) in [6.07, 6.45) is 7.77. The van der Waals surface area contributed by atoms with Gasteiger partial charge < -0.3 is 5.32 Å². The van der Waals surface area contributed by atoms with Crippen molar-refractivity contribution in [3.63, 3.8) is 0 Å². The Morgan fingerprint density at radius 2 is 2.33 bits per heavy atom. The summed E-state index contributed by atoms with van der Waals surface area (Å²) in [4.78, 5) is 16.7. The normalized spacial score (nSPS) is 31.3. The van der Waals surface area contributed by atoms with Crippen molar-refractivity contribution < 1.29 is 4.79 Å². The summed E-state index contributed by atoms with van der Waals surface area (Å²) in [6, 6.07) is 0.170. The highest BCUT2D eigenvalue weighted by atomic mass is 16.1. The Bertz CT molecular complexity index is 520. The van der Waals surface area contributed by atoms with E-state index in [9.17, 15) is 4.79 Å². The molecule has 0 aliphatic carbocycles. The number of nitrogens with one attached hydrogen (secondary N) is 2. The van der Waals surface area contributed by atoms with Crippen molar-refractivity contribution in [2.75, 3.05) is 6.54 Å². The maximum absolute atomic E-state index is 12.0. The van der Waals surface area contributed by atoms with Crippen molar-refractivity contribution in [3.05, 3.63) is 23.4 Å². The highest BCUT2D eigenvalue weighted by Crippen LogP contribution is 2.40. The van der Waals surface area contributed by atoms with Gasteiger partial charge in [0.05, 0.1) is 6.42 Å². The number of piperidine rings is 1. The summed E-state index contributed by atoms with van der Waals surface area (Å²) in [7, 11) is 0. The predicted octanol–water partition coefficient (Wildman–Crippen LogP) is 1.60. The zero-order chi connectivity index (χ0) is 15.0. The number of carbonyl (C=O) groups excluding carboxylic acids is 1. The smallest absolute Gasteiger partial charge is 0.224 e. The molecule has 3 rings (SSSR count). The largest absolute Gasteiger partial charge is 0.352 e. The first-order valence-electron chi connectivity index (χ1n) is 7.85. The fourth-order valence-corrected chi connectivity index (χ4v) is 3.57. The fourth-order valence-electron chi connectivity index (χ4n) is 3.57. The van der Waals surface area contributed by atoms with Gasteiger partial charge in [-0.2, -0.15) is 0 Å². The average Bonchev–Trinajstić information content (AvgIpc) is 2.46. The van der Waals surface area contributed by atoms with Gasteiger partial charge in [0.15, 0.2) is 6.17 Å². The molecule has 0 radical (unpaired) electrons. The zero-order valence-corrected chi connectivity index (χ0v) is 13.0. The van der Waals surface area contributed by atoms with Gasteiger partial charge in [0, 0.05) is 37.3 Å².